The number of aliphatic carboxylic acids is 1. The molecule has 0 radical (unpaired) electrons. The van der Waals surface area contributed by atoms with Crippen molar-refractivity contribution in [2.75, 3.05) is 33.2 Å². The van der Waals surface area contributed by atoms with E-state index in [0.29, 0.717) is 6.04 Å². The predicted octanol–water partition coefficient (Wildman–Crippen LogP) is -3.29. The molecule has 4 heteroatoms. The van der Waals surface area contributed by atoms with E-state index in [9.17, 15) is 9.90 Å². The van der Waals surface area contributed by atoms with Crippen LogP contribution in [0.2, 0.25) is 0 Å². The number of piperidine rings is 2. The van der Waals surface area contributed by atoms with Gasteiger partial charge in [-0.05, 0) is 12.8 Å². The van der Waals surface area contributed by atoms with Crippen LogP contribution in [0.3, 0.4) is 0 Å². The zero-order valence-corrected chi connectivity index (χ0v) is 10.1. The monoisotopic (exact) mass is 227 g/mol. The third-order valence-electron chi connectivity index (χ3n) is 4.31. The van der Waals surface area contributed by atoms with Crippen LogP contribution >= 0.6 is 0 Å². The average Bonchev–Trinajstić information content (AvgIpc) is 2.30. The normalized spacial score (nSPS) is 40.6. The second-order valence-corrected chi connectivity index (χ2v) is 5.50. The fraction of sp³-hybridized carbons (Fsp3) is 0.917. The number of carboxylic acid groups (broad SMARTS) is 1. The fourth-order valence-corrected chi connectivity index (χ4v) is 3.19. The SMILES string of the molecule is C[NH+]1CCC([NH+]2CCC[C@@H](C(=O)[O-])C2)CC1. The highest BCUT2D eigenvalue weighted by molar-refractivity contribution is 5.67. The Morgan fingerprint density at radius 1 is 1.19 bits per heavy atom. The van der Waals surface area contributed by atoms with Crippen LogP contribution in [0, 0.1) is 5.92 Å². The zero-order valence-electron chi connectivity index (χ0n) is 10.1. The smallest absolute Gasteiger partial charge is 0.0983 e. The molecule has 2 aliphatic heterocycles. The van der Waals surface area contributed by atoms with Crippen molar-refractivity contribution in [3.05, 3.63) is 0 Å². The second kappa shape index (κ2) is 5.15. The maximum absolute atomic E-state index is 10.9. The van der Waals surface area contributed by atoms with Crippen molar-refractivity contribution in [1.82, 2.24) is 0 Å². The van der Waals surface area contributed by atoms with Crippen molar-refractivity contribution in [2.24, 2.45) is 5.92 Å². The molecule has 0 aromatic heterocycles. The Kier molecular flexibility index (Phi) is 3.82. The lowest BCUT2D eigenvalue weighted by Gasteiger charge is -2.38. The summed E-state index contributed by atoms with van der Waals surface area (Å²) in [6, 6.07) is 0.700. The number of rotatable bonds is 2. The molecule has 92 valence electrons. The molecule has 0 saturated carbocycles. The van der Waals surface area contributed by atoms with Crippen molar-refractivity contribution in [3.63, 3.8) is 0 Å². The van der Waals surface area contributed by atoms with E-state index < -0.39 is 5.97 Å². The maximum Gasteiger partial charge on any atom is 0.0983 e. The molecule has 0 bridgehead atoms. The van der Waals surface area contributed by atoms with Crippen LogP contribution in [-0.2, 0) is 4.79 Å². The zero-order chi connectivity index (χ0) is 11.5. The molecule has 0 aromatic rings. The number of likely N-dealkylation sites (tertiary alicyclic amines) is 2. The van der Waals surface area contributed by atoms with Crippen LogP contribution < -0.4 is 14.9 Å². The molecular formula is C12H23N2O2+. The first kappa shape index (κ1) is 11.9. The van der Waals surface area contributed by atoms with Crippen molar-refractivity contribution in [3.8, 4) is 0 Å². The van der Waals surface area contributed by atoms with Crippen LogP contribution in [0.5, 0.6) is 0 Å². The first-order valence-electron chi connectivity index (χ1n) is 6.53. The van der Waals surface area contributed by atoms with Gasteiger partial charge in [0.2, 0.25) is 0 Å². The van der Waals surface area contributed by atoms with Gasteiger partial charge in [0.1, 0.15) is 0 Å². The molecule has 2 aliphatic rings. The van der Waals surface area contributed by atoms with E-state index in [1.54, 1.807) is 4.90 Å². The molecule has 2 rings (SSSR count). The van der Waals surface area contributed by atoms with E-state index in [0.717, 1.165) is 25.9 Å². The summed E-state index contributed by atoms with van der Waals surface area (Å²) in [5.74, 6) is -1.04. The minimum Gasteiger partial charge on any atom is -0.550 e. The second-order valence-electron chi connectivity index (χ2n) is 5.50. The van der Waals surface area contributed by atoms with Gasteiger partial charge in [0.05, 0.1) is 45.2 Å². The van der Waals surface area contributed by atoms with Crippen LogP contribution in [0.1, 0.15) is 25.7 Å². The van der Waals surface area contributed by atoms with Crippen molar-refractivity contribution >= 4 is 5.97 Å². The third-order valence-corrected chi connectivity index (χ3v) is 4.31. The minimum atomic E-state index is -0.837. The molecule has 0 aliphatic carbocycles. The summed E-state index contributed by atoms with van der Waals surface area (Å²) in [7, 11) is 2.24. The van der Waals surface area contributed by atoms with Gasteiger partial charge in [-0.25, -0.2) is 0 Å². The van der Waals surface area contributed by atoms with Gasteiger partial charge in [-0.1, -0.05) is 0 Å². The van der Waals surface area contributed by atoms with Gasteiger partial charge in [0.25, 0.3) is 0 Å². The average molecular weight is 227 g/mol. The van der Waals surface area contributed by atoms with E-state index in [2.05, 4.69) is 7.05 Å². The minimum absolute atomic E-state index is 0.198. The van der Waals surface area contributed by atoms with Gasteiger partial charge in [0, 0.05) is 18.8 Å². The molecule has 0 amide bonds. The molecule has 2 saturated heterocycles. The Hall–Kier alpha value is -0.610. The number of hydrogen-bond acceptors (Lipinski definition) is 2. The summed E-state index contributed by atoms with van der Waals surface area (Å²) in [5, 5.41) is 10.9. The number of carbonyl (C=O) groups is 1. The van der Waals surface area contributed by atoms with Gasteiger partial charge in [-0.3, -0.25) is 0 Å². The Morgan fingerprint density at radius 3 is 2.50 bits per heavy atom. The number of carboxylic acids is 1. The highest BCUT2D eigenvalue weighted by Crippen LogP contribution is 2.08. The Labute approximate surface area is 97.2 Å². The maximum atomic E-state index is 10.9. The quantitative estimate of drug-likeness (QED) is 0.519. The molecule has 0 spiro atoms. The van der Waals surface area contributed by atoms with Gasteiger partial charge >= 0.3 is 0 Å². The fourth-order valence-electron chi connectivity index (χ4n) is 3.19. The lowest BCUT2D eigenvalue weighted by Crippen LogP contribution is -3.20. The molecule has 4 nitrogen and oxygen atoms in total. The van der Waals surface area contributed by atoms with Crippen molar-refractivity contribution < 1.29 is 19.7 Å². The Bertz CT molecular complexity index is 249. The molecule has 1 unspecified atom stereocenters. The molecule has 2 N–H and O–H groups in total. The predicted molar refractivity (Wildman–Crippen MR) is 58.1 cm³/mol. The summed E-state index contributed by atoms with van der Waals surface area (Å²) in [6.45, 7) is 4.44. The summed E-state index contributed by atoms with van der Waals surface area (Å²) in [5.41, 5.74) is 0. The summed E-state index contributed by atoms with van der Waals surface area (Å²) < 4.78 is 0. The number of nitrogens with one attached hydrogen (secondary N) is 2. The largest absolute Gasteiger partial charge is 0.550 e. The van der Waals surface area contributed by atoms with Gasteiger partial charge in [-0.2, -0.15) is 0 Å². The molecule has 2 fully saturated rings. The highest BCUT2D eigenvalue weighted by atomic mass is 16.4. The molecular weight excluding hydrogens is 204 g/mol. The molecule has 2 atom stereocenters. The lowest BCUT2D eigenvalue weighted by molar-refractivity contribution is -0.956. The van der Waals surface area contributed by atoms with E-state index in [1.165, 1.54) is 30.8 Å². The summed E-state index contributed by atoms with van der Waals surface area (Å²) >= 11 is 0. The van der Waals surface area contributed by atoms with E-state index in [4.69, 9.17) is 0 Å². The first-order chi connectivity index (χ1) is 7.66. The standard InChI is InChI=1S/C12H22N2O2/c1-13-7-4-11(5-8-13)14-6-2-3-10(9-14)12(15)16/h10-11H,2-9H2,1H3,(H,15,16)/p+1/t10-/m1/s1. The summed E-state index contributed by atoms with van der Waals surface area (Å²) in [4.78, 5) is 14.0. The van der Waals surface area contributed by atoms with Crippen molar-refractivity contribution in [2.45, 2.75) is 31.7 Å². The number of quaternary nitrogens is 2. The van der Waals surface area contributed by atoms with E-state index in [-0.39, 0.29) is 5.92 Å². The third kappa shape index (κ3) is 2.74. The van der Waals surface area contributed by atoms with E-state index >= 15 is 0 Å². The molecule has 0 aromatic carbocycles. The topological polar surface area (TPSA) is 49.0 Å². The summed E-state index contributed by atoms with van der Waals surface area (Å²) in [6.07, 6.45) is 4.37. The highest BCUT2D eigenvalue weighted by Gasteiger charge is 2.32. The van der Waals surface area contributed by atoms with Crippen LogP contribution in [0.4, 0.5) is 0 Å². The van der Waals surface area contributed by atoms with Crippen LogP contribution in [0.15, 0.2) is 0 Å². The first-order valence-corrected chi connectivity index (χ1v) is 6.53. The van der Waals surface area contributed by atoms with Gasteiger partial charge in [-0.15, -0.1) is 0 Å². The van der Waals surface area contributed by atoms with Crippen molar-refractivity contribution in [1.29, 1.82) is 0 Å². The number of hydrogen-bond donors (Lipinski definition) is 2. The Balaban J connectivity index is 1.87. The van der Waals surface area contributed by atoms with E-state index in [1.807, 2.05) is 0 Å². The lowest BCUT2D eigenvalue weighted by atomic mass is 9.94. The van der Waals surface area contributed by atoms with Gasteiger partial charge in [0.15, 0.2) is 0 Å². The number of carbonyl (C=O) groups excluding carboxylic acids is 1. The molecule has 2 heterocycles. The Morgan fingerprint density at radius 2 is 1.88 bits per heavy atom. The van der Waals surface area contributed by atoms with Crippen LogP contribution in [-0.4, -0.2) is 45.2 Å². The van der Waals surface area contributed by atoms with Crippen LogP contribution in [0.25, 0.3) is 0 Å². The molecule has 16 heavy (non-hydrogen) atoms. The van der Waals surface area contributed by atoms with Gasteiger partial charge < -0.3 is 19.7 Å².